The molecule has 0 bridgehead atoms. The van der Waals surface area contributed by atoms with Gasteiger partial charge in [-0.1, -0.05) is 48.2 Å². The van der Waals surface area contributed by atoms with Crippen molar-refractivity contribution >= 4 is 23.2 Å². The van der Waals surface area contributed by atoms with Crippen LogP contribution in [0.4, 0.5) is 10.1 Å². The highest BCUT2D eigenvalue weighted by Crippen LogP contribution is 2.22. The fourth-order valence-electron chi connectivity index (χ4n) is 2.57. The van der Waals surface area contributed by atoms with E-state index in [1.807, 2.05) is 35.7 Å². The minimum atomic E-state index is -0.222. The number of halogens is 1. The molecule has 3 heteroatoms. The first-order valence-electron chi connectivity index (χ1n) is 8.42. The smallest absolute Gasteiger partial charge is 0.123 e. The maximum atomic E-state index is 13.0. The van der Waals surface area contributed by atoms with E-state index in [-0.39, 0.29) is 5.82 Å². The third-order valence-electron chi connectivity index (χ3n) is 3.92. The number of aryl methyl sites for hydroxylation is 2. The number of benzene rings is 3. The molecule has 0 N–H and O–H groups in total. The lowest BCUT2D eigenvalue weighted by atomic mass is 10.0. The van der Waals surface area contributed by atoms with Gasteiger partial charge in [0.25, 0.3) is 0 Å². The average molecular weight is 361 g/mol. The molecular weight excluding hydrogens is 341 g/mol. The molecular formula is C23H20FNS. The summed E-state index contributed by atoms with van der Waals surface area (Å²) in [6, 6.07) is 22.9. The van der Waals surface area contributed by atoms with Gasteiger partial charge in [-0.3, -0.25) is 0 Å². The van der Waals surface area contributed by atoms with Gasteiger partial charge in [0.05, 0.1) is 11.4 Å². The summed E-state index contributed by atoms with van der Waals surface area (Å²) in [6.07, 6.45) is 2.01. The van der Waals surface area contributed by atoms with Gasteiger partial charge in [-0.25, -0.2) is 9.38 Å². The number of nitrogens with zero attached hydrogens (tertiary/aromatic N) is 1. The molecule has 0 aliphatic heterocycles. The first-order valence-corrected chi connectivity index (χ1v) is 9.30. The van der Waals surface area contributed by atoms with Gasteiger partial charge in [-0.2, -0.15) is 0 Å². The van der Waals surface area contributed by atoms with E-state index in [9.17, 15) is 4.39 Å². The Labute approximate surface area is 158 Å². The molecule has 0 aromatic heterocycles. The van der Waals surface area contributed by atoms with Crippen LogP contribution < -0.4 is 0 Å². The molecule has 0 unspecified atom stereocenters. The van der Waals surface area contributed by atoms with E-state index >= 15 is 0 Å². The van der Waals surface area contributed by atoms with Crippen molar-refractivity contribution in [2.24, 2.45) is 4.99 Å². The van der Waals surface area contributed by atoms with Crippen LogP contribution in [0.3, 0.4) is 0 Å². The van der Waals surface area contributed by atoms with Gasteiger partial charge >= 0.3 is 0 Å². The quantitative estimate of drug-likeness (QED) is 0.357. The SMILES string of the molecule is Cc1cccc(/N=C(/C=C/Sc2ccc(F)cc2)c2ccccc2C)c1. The standard InChI is InChI=1S/C23H20FNS/c1-17-6-5-8-20(16-17)25-23(22-9-4-3-7-18(22)2)14-15-26-21-12-10-19(24)11-13-21/h3-16H,1-2H3/b15-14+,25-23-. The molecule has 0 saturated heterocycles. The topological polar surface area (TPSA) is 12.4 Å². The zero-order valence-corrected chi connectivity index (χ0v) is 15.6. The molecule has 0 aliphatic carbocycles. The van der Waals surface area contributed by atoms with Gasteiger partial charge in [-0.05, 0) is 72.9 Å². The predicted octanol–water partition coefficient (Wildman–Crippen LogP) is 6.87. The number of hydrogen-bond acceptors (Lipinski definition) is 2. The van der Waals surface area contributed by atoms with Crippen LogP contribution in [-0.4, -0.2) is 5.71 Å². The van der Waals surface area contributed by atoms with Crippen molar-refractivity contribution in [3.8, 4) is 0 Å². The van der Waals surface area contributed by atoms with Crippen molar-refractivity contribution < 1.29 is 4.39 Å². The molecule has 0 aliphatic rings. The summed E-state index contributed by atoms with van der Waals surface area (Å²) in [5.74, 6) is -0.222. The summed E-state index contributed by atoms with van der Waals surface area (Å²) in [6.45, 7) is 4.15. The van der Waals surface area contributed by atoms with Gasteiger partial charge in [-0.15, -0.1) is 0 Å². The molecule has 0 atom stereocenters. The van der Waals surface area contributed by atoms with Gasteiger partial charge in [0.1, 0.15) is 5.82 Å². The van der Waals surface area contributed by atoms with Gasteiger partial charge in [0.15, 0.2) is 0 Å². The lowest BCUT2D eigenvalue weighted by molar-refractivity contribution is 0.626. The van der Waals surface area contributed by atoms with Crippen LogP contribution in [0.25, 0.3) is 0 Å². The highest BCUT2D eigenvalue weighted by atomic mass is 32.2. The predicted molar refractivity (Wildman–Crippen MR) is 110 cm³/mol. The molecule has 0 amide bonds. The zero-order valence-electron chi connectivity index (χ0n) is 14.8. The molecule has 130 valence electrons. The van der Waals surface area contributed by atoms with Gasteiger partial charge in [0.2, 0.25) is 0 Å². The van der Waals surface area contributed by atoms with Crippen LogP contribution in [0.1, 0.15) is 16.7 Å². The van der Waals surface area contributed by atoms with Crippen LogP contribution >= 0.6 is 11.8 Å². The summed E-state index contributed by atoms with van der Waals surface area (Å²) in [7, 11) is 0. The molecule has 1 nitrogen and oxygen atoms in total. The van der Waals surface area contributed by atoms with E-state index in [1.54, 1.807) is 23.9 Å². The summed E-state index contributed by atoms with van der Waals surface area (Å²) >= 11 is 1.54. The Hall–Kier alpha value is -2.65. The third-order valence-corrected chi connectivity index (χ3v) is 4.73. The van der Waals surface area contributed by atoms with Crippen molar-refractivity contribution in [1.82, 2.24) is 0 Å². The van der Waals surface area contributed by atoms with Crippen molar-refractivity contribution in [1.29, 1.82) is 0 Å². The Morgan fingerprint density at radius 3 is 2.42 bits per heavy atom. The highest BCUT2D eigenvalue weighted by Gasteiger charge is 2.04. The summed E-state index contributed by atoms with van der Waals surface area (Å²) in [4.78, 5) is 5.84. The van der Waals surface area contributed by atoms with E-state index in [0.29, 0.717) is 0 Å². The second-order valence-electron chi connectivity index (χ2n) is 6.03. The number of rotatable bonds is 5. The monoisotopic (exact) mass is 361 g/mol. The molecule has 3 aromatic rings. The lowest BCUT2D eigenvalue weighted by Gasteiger charge is -2.07. The number of allylic oxidation sites excluding steroid dienone is 1. The Kier molecular flexibility index (Phi) is 6.03. The Bertz CT molecular complexity index is 942. The number of hydrogen-bond donors (Lipinski definition) is 0. The average Bonchev–Trinajstić information content (AvgIpc) is 2.63. The van der Waals surface area contributed by atoms with Crippen LogP contribution in [0, 0.1) is 19.7 Å². The molecule has 0 spiro atoms. The molecule has 0 heterocycles. The van der Waals surface area contributed by atoms with E-state index in [2.05, 4.69) is 38.1 Å². The summed E-state index contributed by atoms with van der Waals surface area (Å²) in [5.41, 5.74) is 5.29. The first kappa shape index (κ1) is 18.2. The Balaban J connectivity index is 1.91. The normalized spacial score (nSPS) is 11.9. The van der Waals surface area contributed by atoms with Crippen LogP contribution in [0.15, 0.2) is 94.2 Å². The Morgan fingerprint density at radius 1 is 0.923 bits per heavy atom. The summed E-state index contributed by atoms with van der Waals surface area (Å²) in [5, 5.41) is 1.99. The van der Waals surface area contributed by atoms with E-state index in [1.165, 1.54) is 23.3 Å². The zero-order chi connectivity index (χ0) is 18.4. The first-order chi connectivity index (χ1) is 12.6. The number of aliphatic imine (C=N–C) groups is 1. The fourth-order valence-corrected chi connectivity index (χ4v) is 3.22. The maximum absolute atomic E-state index is 13.0. The molecule has 3 rings (SSSR count). The molecule has 0 fully saturated rings. The Morgan fingerprint density at radius 2 is 1.69 bits per heavy atom. The maximum Gasteiger partial charge on any atom is 0.123 e. The third kappa shape index (κ3) is 4.93. The van der Waals surface area contributed by atoms with Crippen LogP contribution in [0.2, 0.25) is 0 Å². The molecule has 3 aromatic carbocycles. The largest absolute Gasteiger partial charge is 0.248 e. The second kappa shape index (κ2) is 8.63. The van der Waals surface area contributed by atoms with Crippen molar-refractivity contribution in [3.63, 3.8) is 0 Å². The molecule has 0 saturated carbocycles. The fraction of sp³-hybridized carbons (Fsp3) is 0.0870. The lowest BCUT2D eigenvalue weighted by Crippen LogP contribution is -1.99. The van der Waals surface area contributed by atoms with E-state index in [4.69, 9.17) is 4.99 Å². The van der Waals surface area contributed by atoms with Crippen molar-refractivity contribution in [3.05, 3.63) is 107 Å². The summed E-state index contributed by atoms with van der Waals surface area (Å²) < 4.78 is 13.0. The van der Waals surface area contributed by atoms with Crippen LogP contribution in [-0.2, 0) is 0 Å². The highest BCUT2D eigenvalue weighted by molar-refractivity contribution is 8.02. The second-order valence-corrected chi connectivity index (χ2v) is 7.00. The molecule has 26 heavy (non-hydrogen) atoms. The number of thioether (sulfide) groups is 1. The van der Waals surface area contributed by atoms with E-state index in [0.717, 1.165) is 21.9 Å². The van der Waals surface area contributed by atoms with Crippen LogP contribution in [0.5, 0.6) is 0 Å². The van der Waals surface area contributed by atoms with Gasteiger partial charge in [0, 0.05) is 10.5 Å². The minimum absolute atomic E-state index is 0.222. The van der Waals surface area contributed by atoms with Gasteiger partial charge < -0.3 is 0 Å². The van der Waals surface area contributed by atoms with Crippen molar-refractivity contribution in [2.75, 3.05) is 0 Å². The minimum Gasteiger partial charge on any atom is -0.248 e. The van der Waals surface area contributed by atoms with Crippen molar-refractivity contribution in [2.45, 2.75) is 18.7 Å². The van der Waals surface area contributed by atoms with E-state index < -0.39 is 0 Å². The molecule has 0 radical (unpaired) electrons.